The molecule has 1 aromatic heterocycles. The average molecular weight is 584 g/mol. The molecule has 0 saturated carbocycles. The van der Waals surface area contributed by atoms with Gasteiger partial charge < -0.3 is 20.6 Å². The van der Waals surface area contributed by atoms with Crippen molar-refractivity contribution in [2.24, 2.45) is 0 Å². The van der Waals surface area contributed by atoms with Crippen molar-refractivity contribution in [2.75, 3.05) is 11.9 Å². The lowest BCUT2D eigenvalue weighted by atomic mass is 9.94. The largest absolute Gasteiger partial charge is 0.389 e. The van der Waals surface area contributed by atoms with E-state index in [1.165, 1.54) is 12.1 Å². The monoisotopic (exact) mass is 583 g/mol. The maximum atomic E-state index is 14.2. The van der Waals surface area contributed by atoms with E-state index in [0.29, 0.717) is 40.9 Å². The Hall–Kier alpha value is -4.83. The normalized spacial score (nSPS) is 16.3. The van der Waals surface area contributed by atoms with E-state index in [9.17, 15) is 23.9 Å². The van der Waals surface area contributed by atoms with Gasteiger partial charge in [-0.1, -0.05) is 49.9 Å². The number of benzene rings is 2. The molecule has 3 N–H and O–H groups in total. The van der Waals surface area contributed by atoms with Crippen LogP contribution < -0.4 is 10.6 Å². The Morgan fingerprint density at radius 3 is 2.74 bits per heavy atom. The molecule has 9 nitrogen and oxygen atoms in total. The predicted octanol–water partition coefficient (Wildman–Crippen LogP) is 4.51. The van der Waals surface area contributed by atoms with E-state index in [1.807, 2.05) is 25.2 Å². The number of fused-ring (bicyclic) bond motifs is 1. The summed E-state index contributed by atoms with van der Waals surface area (Å²) in [4.78, 5) is 40.6. The summed E-state index contributed by atoms with van der Waals surface area (Å²) in [5.41, 5.74) is 4.79. The lowest BCUT2D eigenvalue weighted by molar-refractivity contribution is -0.128. The Labute approximate surface area is 249 Å². The molecule has 1 aliphatic carbocycles. The molecule has 0 radical (unpaired) electrons. The van der Waals surface area contributed by atoms with Crippen LogP contribution in [0.1, 0.15) is 70.7 Å². The lowest BCUT2D eigenvalue weighted by Crippen LogP contribution is -2.39. The number of hydrogen-bond acceptors (Lipinski definition) is 5. The van der Waals surface area contributed by atoms with Crippen LogP contribution in [-0.2, 0) is 29.2 Å². The molecular formula is C33H34FN5O4. The molecule has 0 saturated heterocycles. The number of aliphatic hydroxyl groups is 1. The van der Waals surface area contributed by atoms with Gasteiger partial charge in [0, 0.05) is 41.5 Å². The maximum Gasteiger partial charge on any atom is 0.276 e. The molecule has 3 amide bonds. The van der Waals surface area contributed by atoms with Crippen LogP contribution in [0.25, 0.3) is 0 Å². The van der Waals surface area contributed by atoms with Gasteiger partial charge in [0.15, 0.2) is 5.69 Å². The smallest absolute Gasteiger partial charge is 0.276 e. The molecule has 0 spiro atoms. The fourth-order valence-corrected chi connectivity index (χ4v) is 5.55. The zero-order valence-electron chi connectivity index (χ0n) is 24.1. The molecule has 1 aliphatic heterocycles. The zero-order valence-corrected chi connectivity index (χ0v) is 24.1. The summed E-state index contributed by atoms with van der Waals surface area (Å²) < 4.78 is 15.9. The first-order chi connectivity index (χ1) is 20.6. The summed E-state index contributed by atoms with van der Waals surface area (Å²) in [6.45, 7) is 8.06. The van der Waals surface area contributed by atoms with Crippen LogP contribution in [0.5, 0.6) is 0 Å². The number of nitrogens with zero attached hydrogens (tertiary/aromatic N) is 3. The second-order valence-electron chi connectivity index (χ2n) is 10.9. The van der Waals surface area contributed by atoms with Crippen molar-refractivity contribution in [2.45, 2.75) is 51.9 Å². The molecule has 2 atom stereocenters. The van der Waals surface area contributed by atoms with Gasteiger partial charge in [-0.25, -0.2) is 4.39 Å². The molecule has 2 heterocycles. The number of carbonyl (C=O) groups is 3. The lowest BCUT2D eigenvalue weighted by Gasteiger charge is -2.32. The van der Waals surface area contributed by atoms with Gasteiger partial charge >= 0.3 is 0 Å². The van der Waals surface area contributed by atoms with Crippen molar-refractivity contribution < 1.29 is 23.9 Å². The highest BCUT2D eigenvalue weighted by Gasteiger charge is 2.35. The Morgan fingerprint density at radius 2 is 2.02 bits per heavy atom. The third kappa shape index (κ3) is 6.49. The summed E-state index contributed by atoms with van der Waals surface area (Å²) in [5, 5.41) is 20.3. The van der Waals surface area contributed by atoms with E-state index in [4.69, 9.17) is 5.10 Å². The Morgan fingerprint density at radius 1 is 1.21 bits per heavy atom. The fourth-order valence-electron chi connectivity index (χ4n) is 5.55. The Balaban J connectivity index is 1.51. The second kappa shape index (κ2) is 12.6. The van der Waals surface area contributed by atoms with E-state index >= 15 is 0 Å². The van der Waals surface area contributed by atoms with Crippen LogP contribution in [0.3, 0.4) is 0 Å². The number of halogens is 1. The maximum absolute atomic E-state index is 14.2. The van der Waals surface area contributed by atoms with Gasteiger partial charge in [-0.2, -0.15) is 5.10 Å². The highest BCUT2D eigenvalue weighted by atomic mass is 19.1. The number of carbonyl (C=O) groups excluding carboxylic acids is 3. The topological polar surface area (TPSA) is 117 Å². The van der Waals surface area contributed by atoms with E-state index in [1.54, 1.807) is 46.8 Å². The molecule has 222 valence electrons. The van der Waals surface area contributed by atoms with E-state index < -0.39 is 17.8 Å². The van der Waals surface area contributed by atoms with E-state index in [-0.39, 0.29) is 43.1 Å². The highest BCUT2D eigenvalue weighted by molar-refractivity contribution is 6.04. The average Bonchev–Trinajstić information content (AvgIpc) is 3.66. The number of hydrogen-bond donors (Lipinski definition) is 3. The molecule has 2 aliphatic rings. The molecular weight excluding hydrogens is 549 g/mol. The SMILES string of the molecule is C=CC(=O)NCc1cc(F)ccc1Cn1nc(C(=O)Nc2cccc([C@H](C)O)c2)c2c1C(C)CN(C(=O)C1=CC=CC1)C2. The first-order valence-electron chi connectivity index (χ1n) is 14.2. The van der Waals surface area contributed by atoms with Crippen molar-refractivity contribution in [1.82, 2.24) is 20.0 Å². The summed E-state index contributed by atoms with van der Waals surface area (Å²) in [6, 6.07) is 11.3. The van der Waals surface area contributed by atoms with Gasteiger partial charge in [0.25, 0.3) is 5.91 Å². The van der Waals surface area contributed by atoms with Crippen molar-refractivity contribution in [3.05, 3.63) is 118 Å². The highest BCUT2D eigenvalue weighted by Crippen LogP contribution is 2.33. The molecule has 5 rings (SSSR count). The molecule has 2 aromatic carbocycles. The van der Waals surface area contributed by atoms with Gasteiger partial charge in [0.05, 0.1) is 19.2 Å². The van der Waals surface area contributed by atoms with E-state index in [0.717, 1.165) is 17.3 Å². The molecule has 0 fully saturated rings. The van der Waals surface area contributed by atoms with Crippen LogP contribution in [0.2, 0.25) is 0 Å². The minimum atomic E-state index is -0.704. The third-order valence-electron chi connectivity index (χ3n) is 7.71. The molecule has 43 heavy (non-hydrogen) atoms. The summed E-state index contributed by atoms with van der Waals surface area (Å²) in [7, 11) is 0. The quantitative estimate of drug-likeness (QED) is 0.321. The van der Waals surface area contributed by atoms with Gasteiger partial charge in [-0.05, 0) is 60.4 Å². The number of rotatable bonds is 9. The first-order valence-corrected chi connectivity index (χ1v) is 14.2. The predicted molar refractivity (Wildman–Crippen MR) is 160 cm³/mol. The van der Waals surface area contributed by atoms with Crippen LogP contribution >= 0.6 is 0 Å². The minimum absolute atomic E-state index is 0.0787. The number of aliphatic hydroxyl groups excluding tert-OH is 1. The standard InChI is InChI=1S/C33H34FN5O4/c1-4-29(41)35-16-25-14-26(34)13-12-24(25)18-39-31-20(2)17-38(33(43)22-8-5-6-9-22)19-28(31)30(37-39)32(42)36-27-11-7-10-23(15-27)21(3)40/h4-8,10-15,20-21,40H,1,9,16-19H2,2-3H3,(H,35,41)(H,36,42)/t20?,21-/m0/s1. The summed E-state index contributed by atoms with van der Waals surface area (Å²) in [5.74, 6) is -1.49. The van der Waals surface area contributed by atoms with Crippen molar-refractivity contribution in [1.29, 1.82) is 0 Å². The first kappa shape index (κ1) is 29.7. The molecule has 10 heteroatoms. The number of anilines is 1. The van der Waals surface area contributed by atoms with Crippen LogP contribution in [0.15, 0.2) is 78.9 Å². The second-order valence-corrected chi connectivity index (χ2v) is 10.9. The molecule has 1 unspecified atom stereocenters. The summed E-state index contributed by atoms with van der Waals surface area (Å²) in [6.07, 6.45) is 6.63. The molecule has 0 bridgehead atoms. The summed E-state index contributed by atoms with van der Waals surface area (Å²) >= 11 is 0. The third-order valence-corrected chi connectivity index (χ3v) is 7.71. The van der Waals surface area contributed by atoms with Crippen LogP contribution in [0.4, 0.5) is 10.1 Å². The fraction of sp³-hybridized carbons (Fsp3) is 0.273. The van der Waals surface area contributed by atoms with Crippen LogP contribution in [-0.4, -0.2) is 44.1 Å². The Kier molecular flexibility index (Phi) is 8.68. The number of amides is 3. The van der Waals surface area contributed by atoms with Gasteiger partial charge in [0.1, 0.15) is 5.82 Å². The van der Waals surface area contributed by atoms with Crippen molar-refractivity contribution in [3.63, 3.8) is 0 Å². The van der Waals surface area contributed by atoms with Gasteiger partial charge in [0.2, 0.25) is 11.8 Å². The Bertz CT molecular complexity index is 1650. The van der Waals surface area contributed by atoms with Gasteiger partial charge in [-0.15, -0.1) is 0 Å². The number of allylic oxidation sites excluding steroid dienone is 3. The van der Waals surface area contributed by atoms with Crippen molar-refractivity contribution in [3.8, 4) is 0 Å². The minimum Gasteiger partial charge on any atom is -0.389 e. The van der Waals surface area contributed by atoms with Crippen molar-refractivity contribution >= 4 is 23.4 Å². The van der Waals surface area contributed by atoms with Crippen LogP contribution in [0, 0.1) is 5.82 Å². The molecule has 3 aromatic rings. The zero-order chi connectivity index (χ0) is 30.7. The number of nitrogens with one attached hydrogen (secondary N) is 2. The number of aromatic nitrogens is 2. The van der Waals surface area contributed by atoms with E-state index in [2.05, 4.69) is 17.2 Å². The van der Waals surface area contributed by atoms with Gasteiger partial charge in [-0.3, -0.25) is 19.1 Å².